The van der Waals surface area contributed by atoms with Gasteiger partial charge in [-0.15, -0.1) is 0 Å². The Balaban J connectivity index is 1.68. The van der Waals surface area contributed by atoms with Gasteiger partial charge >= 0.3 is 0 Å². The van der Waals surface area contributed by atoms with Gasteiger partial charge in [0.05, 0.1) is 5.60 Å². The molecule has 2 saturated heterocycles. The molecule has 2 aliphatic heterocycles. The van der Waals surface area contributed by atoms with E-state index in [4.69, 9.17) is 16.3 Å². The second-order valence-corrected chi connectivity index (χ2v) is 6.91. The smallest absolute Gasteiger partial charge is 0.254 e. The first-order chi connectivity index (χ1) is 10.9. The molecule has 0 unspecified atom stereocenters. The van der Waals surface area contributed by atoms with E-state index in [-0.39, 0.29) is 24.0 Å². The number of amides is 2. The normalized spacial score (nSPS) is 20.9. The number of carbonyl (C=O) groups is 2. The van der Waals surface area contributed by atoms with Gasteiger partial charge in [-0.25, -0.2) is 0 Å². The Bertz CT molecular complexity index is 639. The van der Waals surface area contributed by atoms with Crippen LogP contribution in [0.2, 0.25) is 5.02 Å². The van der Waals surface area contributed by atoms with Gasteiger partial charge in [-0.2, -0.15) is 0 Å². The van der Waals surface area contributed by atoms with Gasteiger partial charge in [-0.1, -0.05) is 17.7 Å². The molecule has 2 fully saturated rings. The van der Waals surface area contributed by atoms with Crippen molar-refractivity contribution in [2.75, 3.05) is 33.3 Å². The highest BCUT2D eigenvalue weighted by Gasteiger charge is 2.42. The number of ether oxygens (including phenoxy) is 1. The van der Waals surface area contributed by atoms with Crippen LogP contribution in [0, 0.1) is 6.92 Å². The molecule has 0 N–H and O–H groups in total. The van der Waals surface area contributed by atoms with Gasteiger partial charge < -0.3 is 14.5 Å². The Morgan fingerprint density at radius 3 is 2.65 bits per heavy atom. The van der Waals surface area contributed by atoms with Crippen LogP contribution >= 0.6 is 11.6 Å². The molecule has 3 rings (SSSR count). The Morgan fingerprint density at radius 2 is 2.00 bits per heavy atom. The molecule has 0 saturated carbocycles. The summed E-state index contributed by atoms with van der Waals surface area (Å²) in [7, 11) is 1.81. The number of morpholine rings is 1. The average molecular weight is 337 g/mol. The van der Waals surface area contributed by atoms with E-state index in [0.717, 1.165) is 18.4 Å². The molecule has 2 amide bonds. The molecule has 124 valence electrons. The van der Waals surface area contributed by atoms with E-state index in [9.17, 15) is 9.59 Å². The Labute approximate surface area is 141 Å². The molecule has 23 heavy (non-hydrogen) atoms. The van der Waals surface area contributed by atoms with Crippen molar-refractivity contribution in [2.45, 2.75) is 25.4 Å². The minimum atomic E-state index is -0.303. The summed E-state index contributed by atoms with van der Waals surface area (Å²) in [5, 5.41) is 0.572. The zero-order valence-electron chi connectivity index (χ0n) is 13.5. The maximum atomic E-state index is 12.7. The van der Waals surface area contributed by atoms with Crippen LogP contribution in [0.1, 0.15) is 28.8 Å². The van der Waals surface area contributed by atoms with Crippen molar-refractivity contribution < 1.29 is 14.3 Å². The fourth-order valence-corrected chi connectivity index (χ4v) is 3.48. The fraction of sp³-hybridized carbons (Fsp3) is 0.529. The van der Waals surface area contributed by atoms with Gasteiger partial charge in [0.25, 0.3) is 5.91 Å². The molecule has 0 radical (unpaired) electrons. The number of hydrogen-bond acceptors (Lipinski definition) is 3. The number of nitrogens with zero attached hydrogens (tertiary/aromatic N) is 2. The lowest BCUT2D eigenvalue weighted by Crippen LogP contribution is -2.58. The predicted molar refractivity (Wildman–Crippen MR) is 87.6 cm³/mol. The first-order valence-electron chi connectivity index (χ1n) is 7.84. The summed E-state index contributed by atoms with van der Waals surface area (Å²) in [5.74, 6) is 0.0313. The van der Waals surface area contributed by atoms with Gasteiger partial charge in [0.1, 0.15) is 6.61 Å². The van der Waals surface area contributed by atoms with Crippen LogP contribution in [0.3, 0.4) is 0 Å². The topological polar surface area (TPSA) is 49.9 Å². The fourth-order valence-electron chi connectivity index (χ4n) is 3.31. The lowest BCUT2D eigenvalue weighted by atomic mass is 9.89. The van der Waals surface area contributed by atoms with Crippen LogP contribution in [0.4, 0.5) is 0 Å². The van der Waals surface area contributed by atoms with E-state index >= 15 is 0 Å². The van der Waals surface area contributed by atoms with Crippen LogP contribution in [0.25, 0.3) is 0 Å². The molecular weight excluding hydrogens is 316 g/mol. The molecule has 5 nitrogen and oxygen atoms in total. The molecule has 1 aromatic carbocycles. The second-order valence-electron chi connectivity index (χ2n) is 6.47. The maximum absolute atomic E-state index is 12.7. The van der Waals surface area contributed by atoms with Crippen molar-refractivity contribution in [1.29, 1.82) is 0 Å². The summed E-state index contributed by atoms with van der Waals surface area (Å²) in [5.41, 5.74) is 1.28. The zero-order valence-corrected chi connectivity index (χ0v) is 14.2. The predicted octanol–water partition coefficient (Wildman–Crippen LogP) is 2.11. The van der Waals surface area contributed by atoms with E-state index < -0.39 is 0 Å². The highest BCUT2D eigenvalue weighted by Crippen LogP contribution is 2.31. The monoisotopic (exact) mass is 336 g/mol. The molecule has 0 atom stereocenters. The third-order valence-electron chi connectivity index (χ3n) is 4.84. The third kappa shape index (κ3) is 3.21. The first-order valence-corrected chi connectivity index (χ1v) is 8.21. The molecule has 0 aromatic heterocycles. The molecule has 1 aromatic rings. The molecule has 2 aliphatic rings. The Morgan fingerprint density at radius 1 is 1.30 bits per heavy atom. The zero-order chi connectivity index (χ0) is 16.6. The second kappa shape index (κ2) is 6.13. The SMILES string of the molecule is Cc1ccc(Cl)cc1C(=O)N1CCC2(CC1)CN(C)C(=O)CO2. The van der Waals surface area contributed by atoms with Crippen LogP contribution in [-0.2, 0) is 9.53 Å². The minimum absolute atomic E-state index is 0.0140. The van der Waals surface area contributed by atoms with Crippen molar-refractivity contribution in [2.24, 2.45) is 0 Å². The number of likely N-dealkylation sites (N-methyl/N-ethyl adjacent to an activating group) is 1. The van der Waals surface area contributed by atoms with E-state index in [1.54, 1.807) is 24.1 Å². The summed E-state index contributed by atoms with van der Waals surface area (Å²) >= 11 is 6.02. The van der Waals surface area contributed by atoms with Crippen LogP contribution < -0.4 is 0 Å². The number of rotatable bonds is 1. The summed E-state index contributed by atoms with van der Waals surface area (Å²) in [6.07, 6.45) is 1.49. The molecule has 6 heteroatoms. The van der Waals surface area contributed by atoms with Crippen LogP contribution in [0.5, 0.6) is 0 Å². The van der Waals surface area contributed by atoms with Crippen LogP contribution in [0.15, 0.2) is 18.2 Å². The van der Waals surface area contributed by atoms with Crippen molar-refractivity contribution in [3.63, 3.8) is 0 Å². The van der Waals surface area contributed by atoms with Gasteiger partial charge in [-0.05, 0) is 37.5 Å². The molecule has 0 bridgehead atoms. The Hall–Kier alpha value is -1.59. The quantitative estimate of drug-likeness (QED) is 0.789. The molecule has 1 spiro atoms. The van der Waals surface area contributed by atoms with Crippen molar-refractivity contribution in [3.8, 4) is 0 Å². The van der Waals surface area contributed by atoms with E-state index in [0.29, 0.717) is 30.2 Å². The van der Waals surface area contributed by atoms with Crippen molar-refractivity contribution in [1.82, 2.24) is 9.80 Å². The summed E-state index contributed by atoms with van der Waals surface area (Å²) in [6.45, 7) is 3.92. The molecule has 2 heterocycles. The van der Waals surface area contributed by atoms with Crippen LogP contribution in [-0.4, -0.2) is 60.5 Å². The van der Waals surface area contributed by atoms with E-state index in [1.807, 2.05) is 17.9 Å². The number of hydrogen-bond donors (Lipinski definition) is 0. The lowest BCUT2D eigenvalue weighted by molar-refractivity contribution is -0.167. The minimum Gasteiger partial charge on any atom is -0.363 e. The summed E-state index contributed by atoms with van der Waals surface area (Å²) < 4.78 is 5.82. The van der Waals surface area contributed by atoms with E-state index in [2.05, 4.69) is 0 Å². The first kappa shape index (κ1) is 16.3. The number of benzene rings is 1. The van der Waals surface area contributed by atoms with E-state index in [1.165, 1.54) is 0 Å². The van der Waals surface area contributed by atoms with Gasteiger partial charge in [0.15, 0.2) is 0 Å². The summed E-state index contributed by atoms with van der Waals surface area (Å²) in [6, 6.07) is 5.39. The largest absolute Gasteiger partial charge is 0.363 e. The number of carbonyl (C=O) groups excluding carboxylic acids is 2. The lowest BCUT2D eigenvalue weighted by Gasteiger charge is -2.46. The number of halogens is 1. The molecular formula is C17H21ClN2O3. The number of piperidine rings is 1. The number of aryl methyl sites for hydroxylation is 1. The maximum Gasteiger partial charge on any atom is 0.254 e. The summed E-state index contributed by atoms with van der Waals surface area (Å²) in [4.78, 5) is 27.9. The van der Waals surface area contributed by atoms with Gasteiger partial charge in [-0.3, -0.25) is 9.59 Å². The highest BCUT2D eigenvalue weighted by atomic mass is 35.5. The Kier molecular flexibility index (Phi) is 4.34. The third-order valence-corrected chi connectivity index (χ3v) is 5.08. The van der Waals surface area contributed by atoms with Gasteiger partial charge in [0.2, 0.25) is 5.91 Å². The van der Waals surface area contributed by atoms with Crippen molar-refractivity contribution >= 4 is 23.4 Å². The molecule has 0 aliphatic carbocycles. The van der Waals surface area contributed by atoms with Crippen molar-refractivity contribution in [3.05, 3.63) is 34.3 Å². The standard InChI is InChI=1S/C17H21ClN2O3/c1-12-3-4-13(18)9-14(12)16(22)20-7-5-17(6-8-20)11-19(2)15(21)10-23-17/h3-4,9H,5-8,10-11H2,1-2H3. The highest BCUT2D eigenvalue weighted by molar-refractivity contribution is 6.31. The number of likely N-dealkylation sites (tertiary alicyclic amines) is 1. The average Bonchev–Trinajstić information content (AvgIpc) is 2.54. The van der Waals surface area contributed by atoms with Gasteiger partial charge in [0, 0.05) is 37.3 Å².